The van der Waals surface area contributed by atoms with Gasteiger partial charge >= 0.3 is 0 Å². The van der Waals surface area contributed by atoms with E-state index in [4.69, 9.17) is 11.6 Å². The third-order valence-corrected chi connectivity index (χ3v) is 4.70. The van der Waals surface area contributed by atoms with Crippen LogP contribution in [-0.2, 0) is 6.42 Å². The van der Waals surface area contributed by atoms with Crippen LogP contribution in [0.5, 0.6) is 0 Å². The van der Waals surface area contributed by atoms with Gasteiger partial charge in [-0.25, -0.2) is 9.37 Å². The molecule has 0 aliphatic heterocycles. The predicted molar refractivity (Wildman–Crippen MR) is 83.1 cm³/mol. The smallest absolute Gasteiger partial charge is 0.130 e. The quantitative estimate of drug-likeness (QED) is 0.601. The van der Waals surface area contributed by atoms with E-state index >= 15 is 0 Å². The molecular weight excluding hydrogens is 293 g/mol. The Labute approximate surface area is 126 Å². The molecule has 4 heteroatoms. The maximum Gasteiger partial charge on any atom is 0.130 e. The van der Waals surface area contributed by atoms with Crippen LogP contribution in [0.4, 0.5) is 4.39 Å². The van der Waals surface area contributed by atoms with E-state index < -0.39 is 5.38 Å². The summed E-state index contributed by atoms with van der Waals surface area (Å²) in [5.41, 5.74) is 2.14. The molecule has 0 bridgehead atoms. The number of para-hydroxylation sites is 1. The van der Waals surface area contributed by atoms with Gasteiger partial charge in [-0.15, -0.1) is 22.9 Å². The second-order valence-corrected chi connectivity index (χ2v) is 6.37. The Kier molecular flexibility index (Phi) is 3.72. The minimum atomic E-state index is -0.393. The van der Waals surface area contributed by atoms with Crippen LogP contribution in [0.15, 0.2) is 42.5 Å². The Morgan fingerprint density at radius 3 is 2.80 bits per heavy atom. The monoisotopic (exact) mass is 305 g/mol. The minimum absolute atomic E-state index is 0.214. The van der Waals surface area contributed by atoms with Crippen molar-refractivity contribution in [3.05, 3.63) is 64.4 Å². The molecule has 1 aromatic heterocycles. The van der Waals surface area contributed by atoms with E-state index in [2.05, 4.69) is 4.98 Å². The Bertz CT molecular complexity index is 720. The standard InChI is InChI=1S/C16H13ClFNS/c1-10-5-4-6-11(16(10)18)12(17)9-15-19-13-7-2-3-8-14(13)20-15/h2-8,12H,9H2,1H3. The molecule has 0 saturated heterocycles. The molecule has 20 heavy (non-hydrogen) atoms. The molecule has 3 aromatic rings. The fourth-order valence-electron chi connectivity index (χ4n) is 2.18. The first kappa shape index (κ1) is 13.5. The maximum atomic E-state index is 14.1. The summed E-state index contributed by atoms with van der Waals surface area (Å²) in [6.07, 6.45) is 0.543. The third kappa shape index (κ3) is 2.56. The van der Waals surface area contributed by atoms with Gasteiger partial charge in [-0.3, -0.25) is 0 Å². The molecule has 1 heterocycles. The van der Waals surface area contributed by atoms with Crippen molar-refractivity contribution in [1.82, 2.24) is 4.98 Å². The third-order valence-electron chi connectivity index (χ3n) is 3.25. The van der Waals surface area contributed by atoms with E-state index in [-0.39, 0.29) is 5.82 Å². The molecule has 3 rings (SSSR count). The van der Waals surface area contributed by atoms with Gasteiger partial charge in [0, 0.05) is 12.0 Å². The van der Waals surface area contributed by atoms with Crippen molar-refractivity contribution in [3.8, 4) is 0 Å². The zero-order valence-corrected chi connectivity index (χ0v) is 12.5. The van der Waals surface area contributed by atoms with E-state index in [0.717, 1.165) is 15.2 Å². The van der Waals surface area contributed by atoms with Gasteiger partial charge < -0.3 is 0 Å². The van der Waals surface area contributed by atoms with Crippen molar-refractivity contribution >= 4 is 33.2 Å². The summed E-state index contributed by atoms with van der Waals surface area (Å²) in [6, 6.07) is 13.3. The summed E-state index contributed by atoms with van der Waals surface area (Å²) >= 11 is 7.98. The van der Waals surface area contributed by atoms with Gasteiger partial charge in [-0.1, -0.05) is 30.3 Å². The number of benzene rings is 2. The molecule has 0 radical (unpaired) electrons. The van der Waals surface area contributed by atoms with Gasteiger partial charge in [-0.05, 0) is 24.6 Å². The second kappa shape index (κ2) is 5.51. The Morgan fingerprint density at radius 1 is 1.20 bits per heavy atom. The molecule has 0 amide bonds. The van der Waals surface area contributed by atoms with E-state index in [1.54, 1.807) is 30.4 Å². The first-order valence-corrected chi connectivity index (χ1v) is 7.64. The van der Waals surface area contributed by atoms with Crippen molar-refractivity contribution < 1.29 is 4.39 Å². The number of alkyl halides is 1. The molecule has 0 aliphatic carbocycles. The van der Waals surface area contributed by atoms with Crippen LogP contribution >= 0.6 is 22.9 Å². The van der Waals surface area contributed by atoms with Crippen LogP contribution in [0, 0.1) is 12.7 Å². The molecule has 0 spiro atoms. The van der Waals surface area contributed by atoms with Gasteiger partial charge in [0.2, 0.25) is 0 Å². The summed E-state index contributed by atoms with van der Waals surface area (Å²) < 4.78 is 15.2. The number of thiazole rings is 1. The van der Waals surface area contributed by atoms with Crippen molar-refractivity contribution in [2.45, 2.75) is 18.7 Å². The Hall–Kier alpha value is -1.45. The summed E-state index contributed by atoms with van der Waals surface area (Å²) in [6.45, 7) is 1.75. The molecule has 102 valence electrons. The van der Waals surface area contributed by atoms with Gasteiger partial charge in [0.25, 0.3) is 0 Å². The number of hydrogen-bond donors (Lipinski definition) is 0. The van der Waals surface area contributed by atoms with Crippen LogP contribution < -0.4 is 0 Å². The maximum absolute atomic E-state index is 14.1. The average Bonchev–Trinajstić information content (AvgIpc) is 2.83. The number of rotatable bonds is 3. The predicted octanol–water partition coefficient (Wildman–Crippen LogP) is 5.27. The van der Waals surface area contributed by atoms with Crippen molar-refractivity contribution in [3.63, 3.8) is 0 Å². The largest absolute Gasteiger partial charge is 0.241 e. The highest BCUT2D eigenvalue weighted by Gasteiger charge is 2.16. The average molecular weight is 306 g/mol. The molecular formula is C16H13ClFNS. The lowest BCUT2D eigenvalue weighted by Crippen LogP contribution is -2.00. The van der Waals surface area contributed by atoms with Crippen LogP contribution in [0.25, 0.3) is 10.2 Å². The second-order valence-electron chi connectivity index (χ2n) is 4.73. The fourth-order valence-corrected chi connectivity index (χ4v) is 3.60. The highest BCUT2D eigenvalue weighted by atomic mass is 35.5. The number of aromatic nitrogens is 1. The van der Waals surface area contributed by atoms with Crippen LogP contribution in [-0.4, -0.2) is 4.98 Å². The molecule has 1 unspecified atom stereocenters. The minimum Gasteiger partial charge on any atom is -0.241 e. The molecule has 0 fully saturated rings. The number of halogens is 2. The highest BCUT2D eigenvalue weighted by molar-refractivity contribution is 7.18. The number of fused-ring (bicyclic) bond motifs is 1. The molecule has 1 atom stereocenters. The van der Waals surface area contributed by atoms with Crippen LogP contribution in [0.1, 0.15) is 21.5 Å². The Balaban J connectivity index is 1.88. The van der Waals surface area contributed by atoms with E-state index in [1.165, 1.54) is 0 Å². The van der Waals surface area contributed by atoms with Gasteiger partial charge in [-0.2, -0.15) is 0 Å². The normalized spacial score (nSPS) is 12.8. The topological polar surface area (TPSA) is 12.9 Å². The first-order chi connectivity index (χ1) is 9.65. The molecule has 2 aromatic carbocycles. The van der Waals surface area contributed by atoms with E-state index in [1.807, 2.05) is 30.3 Å². The summed E-state index contributed by atoms with van der Waals surface area (Å²) in [5.74, 6) is -0.214. The van der Waals surface area contributed by atoms with Gasteiger partial charge in [0.15, 0.2) is 0 Å². The lowest BCUT2D eigenvalue weighted by molar-refractivity contribution is 0.597. The summed E-state index contributed by atoms with van der Waals surface area (Å²) in [5, 5.41) is 0.544. The summed E-state index contributed by atoms with van der Waals surface area (Å²) in [4.78, 5) is 4.54. The molecule has 0 N–H and O–H groups in total. The molecule has 0 aliphatic rings. The van der Waals surface area contributed by atoms with Crippen LogP contribution in [0.2, 0.25) is 0 Å². The zero-order valence-electron chi connectivity index (χ0n) is 10.9. The highest BCUT2D eigenvalue weighted by Crippen LogP contribution is 2.31. The zero-order chi connectivity index (χ0) is 14.1. The number of hydrogen-bond acceptors (Lipinski definition) is 2. The SMILES string of the molecule is Cc1cccc(C(Cl)Cc2nc3ccccc3s2)c1F. The van der Waals surface area contributed by atoms with Crippen molar-refractivity contribution in [1.29, 1.82) is 0 Å². The fraction of sp³-hybridized carbons (Fsp3) is 0.188. The Morgan fingerprint density at radius 2 is 2.00 bits per heavy atom. The van der Waals surface area contributed by atoms with Crippen molar-refractivity contribution in [2.24, 2.45) is 0 Å². The van der Waals surface area contributed by atoms with Gasteiger partial charge in [0.05, 0.1) is 20.6 Å². The first-order valence-electron chi connectivity index (χ1n) is 6.38. The lowest BCUT2D eigenvalue weighted by Gasteiger charge is -2.10. The number of nitrogens with zero attached hydrogens (tertiary/aromatic N) is 1. The van der Waals surface area contributed by atoms with E-state index in [9.17, 15) is 4.39 Å². The van der Waals surface area contributed by atoms with Gasteiger partial charge in [0.1, 0.15) is 5.82 Å². The lowest BCUT2D eigenvalue weighted by atomic mass is 10.1. The van der Waals surface area contributed by atoms with Crippen LogP contribution in [0.3, 0.4) is 0 Å². The molecule has 1 nitrogen and oxygen atoms in total. The summed E-state index contributed by atoms with van der Waals surface area (Å²) in [7, 11) is 0. The number of aryl methyl sites for hydroxylation is 1. The van der Waals surface area contributed by atoms with E-state index in [0.29, 0.717) is 17.5 Å². The molecule has 0 saturated carbocycles. The van der Waals surface area contributed by atoms with Crippen molar-refractivity contribution in [2.75, 3.05) is 0 Å².